The van der Waals surface area contributed by atoms with Gasteiger partial charge >= 0.3 is 0 Å². The molecule has 3 aromatic rings. The minimum atomic E-state index is -3.38. The summed E-state index contributed by atoms with van der Waals surface area (Å²) in [4.78, 5) is 13.0. The summed E-state index contributed by atoms with van der Waals surface area (Å²) in [7, 11) is -3.38. The zero-order chi connectivity index (χ0) is 23.2. The summed E-state index contributed by atoms with van der Waals surface area (Å²) in [5.41, 5.74) is 2.06. The van der Waals surface area contributed by atoms with Crippen molar-refractivity contribution in [1.29, 1.82) is 0 Å². The molecule has 10 heteroatoms. The van der Waals surface area contributed by atoms with Crippen molar-refractivity contribution in [2.24, 2.45) is 0 Å². The molecule has 2 aromatic carbocycles. The predicted molar refractivity (Wildman–Crippen MR) is 118 cm³/mol. The molecule has 0 atom stereocenters. The van der Waals surface area contributed by atoms with Crippen molar-refractivity contribution in [3.05, 3.63) is 86.3 Å². The molecular formula is C22H19ClF2N2O4S. The van der Waals surface area contributed by atoms with Gasteiger partial charge in [-0.1, -0.05) is 11.6 Å². The average Bonchev–Trinajstić information content (AvgIpc) is 3.14. The number of anilines is 1. The summed E-state index contributed by atoms with van der Waals surface area (Å²) in [5.74, 6) is -1.37. The van der Waals surface area contributed by atoms with Crippen LogP contribution in [-0.2, 0) is 23.1 Å². The highest BCUT2D eigenvalue weighted by Crippen LogP contribution is 2.32. The topological polar surface area (TPSA) is 68.6 Å². The third-order valence-corrected chi connectivity index (χ3v) is 6.80. The molecule has 0 unspecified atom stereocenters. The Hall–Kier alpha value is -2.91. The van der Waals surface area contributed by atoms with Crippen LogP contribution in [0, 0.1) is 18.6 Å². The molecule has 0 saturated heterocycles. The van der Waals surface area contributed by atoms with Gasteiger partial charge in [0.2, 0.25) is 10.0 Å². The van der Waals surface area contributed by atoms with Gasteiger partial charge in [-0.3, -0.25) is 13.7 Å². The molecule has 2 heterocycles. The second kappa shape index (κ2) is 8.22. The summed E-state index contributed by atoms with van der Waals surface area (Å²) in [6.07, 6.45) is 1.68. The maximum absolute atomic E-state index is 13.8. The number of fused-ring (bicyclic) bond motifs is 1. The van der Waals surface area contributed by atoms with Crippen LogP contribution in [0.25, 0.3) is 5.69 Å². The molecular weight excluding hydrogens is 462 g/mol. The number of halogens is 3. The maximum atomic E-state index is 13.8. The zero-order valence-corrected chi connectivity index (χ0v) is 18.8. The van der Waals surface area contributed by atoms with E-state index in [-0.39, 0.29) is 22.9 Å². The van der Waals surface area contributed by atoms with Gasteiger partial charge < -0.3 is 4.74 Å². The van der Waals surface area contributed by atoms with Gasteiger partial charge in [0.25, 0.3) is 5.56 Å². The van der Waals surface area contributed by atoms with E-state index in [1.165, 1.54) is 14.9 Å². The summed E-state index contributed by atoms with van der Waals surface area (Å²) in [5, 5.41) is -0.184. The van der Waals surface area contributed by atoms with E-state index in [0.717, 1.165) is 24.0 Å². The van der Waals surface area contributed by atoms with Gasteiger partial charge in [0, 0.05) is 35.6 Å². The SMILES string of the molecule is Cc1cc(OCc2ccc(F)cc2F)c(Cl)c(=O)n1-c1ccc2c(c1)CCN2S(C)(=O)=O. The standard InChI is InChI=1S/C22H19ClF2N2O4S/c1-13-9-20(31-12-15-3-4-16(24)11-18(15)25)21(23)22(28)27(13)17-5-6-19-14(10-17)7-8-26(19)32(2,29)30/h3-6,9-11H,7-8,12H2,1-2H3. The third-order valence-electron chi connectivity index (χ3n) is 5.27. The number of sulfonamides is 1. The van der Waals surface area contributed by atoms with Crippen LogP contribution in [0.4, 0.5) is 14.5 Å². The van der Waals surface area contributed by atoms with Gasteiger partial charge in [-0.25, -0.2) is 17.2 Å². The first-order chi connectivity index (χ1) is 15.1. The molecule has 32 heavy (non-hydrogen) atoms. The number of ether oxygens (including phenoxy) is 1. The lowest BCUT2D eigenvalue weighted by atomic mass is 10.1. The quantitative estimate of drug-likeness (QED) is 0.554. The van der Waals surface area contributed by atoms with Crippen molar-refractivity contribution in [3.8, 4) is 11.4 Å². The molecule has 0 fully saturated rings. The second-order valence-electron chi connectivity index (χ2n) is 7.53. The van der Waals surface area contributed by atoms with Gasteiger partial charge in [0.1, 0.15) is 29.0 Å². The van der Waals surface area contributed by atoms with Crippen molar-refractivity contribution in [1.82, 2.24) is 4.57 Å². The van der Waals surface area contributed by atoms with E-state index >= 15 is 0 Å². The summed E-state index contributed by atoms with van der Waals surface area (Å²) in [6.45, 7) is 1.81. The van der Waals surface area contributed by atoms with Crippen molar-refractivity contribution in [2.45, 2.75) is 20.0 Å². The predicted octanol–water partition coefficient (Wildman–Crippen LogP) is 3.98. The van der Waals surface area contributed by atoms with Crippen LogP contribution in [0.15, 0.2) is 47.3 Å². The molecule has 1 aliphatic heterocycles. The van der Waals surface area contributed by atoms with Crippen molar-refractivity contribution < 1.29 is 21.9 Å². The fraction of sp³-hybridized carbons (Fsp3) is 0.227. The molecule has 0 N–H and O–H groups in total. The number of hydrogen-bond acceptors (Lipinski definition) is 4. The molecule has 0 bridgehead atoms. The number of aromatic nitrogens is 1. The molecule has 0 amide bonds. The smallest absolute Gasteiger partial charge is 0.277 e. The number of nitrogens with zero attached hydrogens (tertiary/aromatic N) is 2. The van der Waals surface area contributed by atoms with Crippen LogP contribution >= 0.6 is 11.6 Å². The first-order valence-electron chi connectivity index (χ1n) is 9.66. The van der Waals surface area contributed by atoms with Crippen LogP contribution in [0.5, 0.6) is 5.75 Å². The maximum Gasteiger partial charge on any atom is 0.277 e. The van der Waals surface area contributed by atoms with Gasteiger partial charge in [-0.2, -0.15) is 0 Å². The van der Waals surface area contributed by atoms with Gasteiger partial charge in [0.15, 0.2) is 0 Å². The summed E-state index contributed by atoms with van der Waals surface area (Å²) < 4.78 is 59.1. The van der Waals surface area contributed by atoms with E-state index in [0.29, 0.717) is 30.0 Å². The molecule has 0 radical (unpaired) electrons. The fourth-order valence-electron chi connectivity index (χ4n) is 3.74. The van der Waals surface area contributed by atoms with E-state index in [4.69, 9.17) is 16.3 Å². The monoisotopic (exact) mass is 480 g/mol. The lowest BCUT2D eigenvalue weighted by molar-refractivity contribution is 0.298. The largest absolute Gasteiger partial charge is 0.487 e. The highest BCUT2D eigenvalue weighted by molar-refractivity contribution is 7.92. The minimum Gasteiger partial charge on any atom is -0.487 e. The Bertz CT molecular complexity index is 1390. The van der Waals surface area contributed by atoms with Crippen LogP contribution in [0.3, 0.4) is 0 Å². The highest BCUT2D eigenvalue weighted by atomic mass is 35.5. The van der Waals surface area contributed by atoms with E-state index in [2.05, 4.69) is 0 Å². The average molecular weight is 481 g/mol. The Balaban J connectivity index is 1.66. The Labute approximate surface area is 188 Å². The van der Waals surface area contributed by atoms with Crippen LogP contribution < -0.4 is 14.6 Å². The lowest BCUT2D eigenvalue weighted by Crippen LogP contribution is -2.27. The van der Waals surface area contributed by atoms with Crippen molar-refractivity contribution >= 4 is 27.3 Å². The Morgan fingerprint density at radius 2 is 1.88 bits per heavy atom. The number of rotatable bonds is 5. The number of hydrogen-bond donors (Lipinski definition) is 0. The van der Waals surface area contributed by atoms with E-state index in [9.17, 15) is 22.0 Å². The normalized spacial score (nSPS) is 13.3. The number of aryl methyl sites for hydroxylation is 1. The van der Waals surface area contributed by atoms with Crippen LogP contribution in [0.1, 0.15) is 16.8 Å². The lowest BCUT2D eigenvalue weighted by Gasteiger charge is -2.18. The van der Waals surface area contributed by atoms with E-state index in [1.807, 2.05) is 0 Å². The molecule has 0 spiro atoms. The van der Waals surface area contributed by atoms with Crippen molar-refractivity contribution in [3.63, 3.8) is 0 Å². The summed E-state index contributed by atoms with van der Waals surface area (Å²) >= 11 is 6.25. The molecule has 1 aliphatic rings. The van der Waals surface area contributed by atoms with E-state index in [1.54, 1.807) is 31.2 Å². The number of benzene rings is 2. The second-order valence-corrected chi connectivity index (χ2v) is 9.81. The van der Waals surface area contributed by atoms with Gasteiger partial charge in [-0.15, -0.1) is 0 Å². The first-order valence-corrected chi connectivity index (χ1v) is 11.9. The summed E-state index contributed by atoms with van der Waals surface area (Å²) in [6, 6.07) is 9.77. The zero-order valence-electron chi connectivity index (χ0n) is 17.2. The Morgan fingerprint density at radius 3 is 2.56 bits per heavy atom. The van der Waals surface area contributed by atoms with Crippen molar-refractivity contribution in [2.75, 3.05) is 17.1 Å². The van der Waals surface area contributed by atoms with Gasteiger partial charge in [-0.05, 0) is 49.2 Å². The molecule has 6 nitrogen and oxygen atoms in total. The minimum absolute atomic E-state index is 0.0820. The Morgan fingerprint density at radius 1 is 1.12 bits per heavy atom. The highest BCUT2D eigenvalue weighted by Gasteiger charge is 2.26. The van der Waals surface area contributed by atoms with E-state index < -0.39 is 27.2 Å². The van der Waals surface area contributed by atoms with Gasteiger partial charge in [0.05, 0.1) is 11.9 Å². The Kier molecular flexibility index (Phi) is 5.72. The van der Waals surface area contributed by atoms with Crippen LogP contribution in [0.2, 0.25) is 5.02 Å². The molecule has 0 saturated carbocycles. The molecule has 168 valence electrons. The molecule has 1 aromatic heterocycles. The fourth-order valence-corrected chi connectivity index (χ4v) is 4.89. The molecule has 0 aliphatic carbocycles. The first kappa shape index (κ1) is 22.3. The third kappa shape index (κ3) is 4.10. The van der Waals surface area contributed by atoms with Crippen LogP contribution in [-0.4, -0.2) is 25.8 Å². The molecule has 4 rings (SSSR count). The number of pyridine rings is 1.